The molecule has 2 aromatic heterocycles. The van der Waals surface area contributed by atoms with Gasteiger partial charge in [0, 0.05) is 25.5 Å². The van der Waals surface area contributed by atoms with Crippen molar-refractivity contribution in [3.8, 4) is 0 Å². The maximum absolute atomic E-state index is 12.2. The summed E-state index contributed by atoms with van der Waals surface area (Å²) in [4.78, 5) is 0.0246. The Morgan fingerprint density at radius 1 is 1.50 bits per heavy atom. The smallest absolute Gasteiger partial charge is 0.246 e. The van der Waals surface area contributed by atoms with Crippen LogP contribution in [-0.2, 0) is 17.1 Å². The minimum Gasteiger partial charge on any atom is -0.386 e. The summed E-state index contributed by atoms with van der Waals surface area (Å²) in [6.45, 7) is 2.96. The molecule has 8 heteroatoms. The van der Waals surface area contributed by atoms with Crippen LogP contribution >= 0.6 is 0 Å². The summed E-state index contributed by atoms with van der Waals surface area (Å²) < 4.78 is 33.3. The molecule has 0 unspecified atom stereocenters. The van der Waals surface area contributed by atoms with E-state index >= 15 is 0 Å². The van der Waals surface area contributed by atoms with E-state index < -0.39 is 16.1 Å². The standard InChI is InChI=1S/C12H17N3O4S/c1-8-12(9(2)19-14-8)20(17,18)13-7-11(16)10-5-4-6-15(10)3/h4-6,11,13,16H,7H2,1-3H3/t11-/m1/s1. The Morgan fingerprint density at radius 3 is 2.70 bits per heavy atom. The Morgan fingerprint density at radius 2 is 2.20 bits per heavy atom. The van der Waals surface area contributed by atoms with Crippen LogP contribution in [0, 0.1) is 13.8 Å². The van der Waals surface area contributed by atoms with Crippen LogP contribution in [0.5, 0.6) is 0 Å². The molecule has 2 N–H and O–H groups in total. The average Bonchev–Trinajstić information content (AvgIpc) is 2.93. The predicted octanol–water partition coefficient (Wildman–Crippen LogP) is 0.642. The number of hydrogen-bond acceptors (Lipinski definition) is 5. The number of aliphatic hydroxyl groups is 1. The largest absolute Gasteiger partial charge is 0.386 e. The molecule has 0 saturated heterocycles. The number of nitrogens with one attached hydrogen (secondary N) is 1. The van der Waals surface area contributed by atoms with Gasteiger partial charge in [0.25, 0.3) is 0 Å². The molecule has 0 bridgehead atoms. The molecule has 1 atom stereocenters. The maximum atomic E-state index is 12.2. The molecule has 0 spiro atoms. The van der Waals surface area contributed by atoms with Crippen molar-refractivity contribution in [2.75, 3.05) is 6.54 Å². The Hall–Kier alpha value is -1.64. The molecule has 2 aromatic rings. The monoisotopic (exact) mass is 299 g/mol. The van der Waals surface area contributed by atoms with E-state index in [0.717, 1.165) is 0 Å². The van der Waals surface area contributed by atoms with E-state index in [1.165, 1.54) is 6.92 Å². The van der Waals surface area contributed by atoms with Gasteiger partial charge in [0.15, 0.2) is 5.76 Å². The van der Waals surface area contributed by atoms with E-state index in [2.05, 4.69) is 9.88 Å². The number of rotatable bonds is 5. The summed E-state index contributed by atoms with van der Waals surface area (Å²) in [6, 6.07) is 3.51. The highest BCUT2D eigenvalue weighted by Gasteiger charge is 2.25. The Bertz CT molecular complexity index is 683. The summed E-state index contributed by atoms with van der Waals surface area (Å²) in [5, 5.41) is 13.6. The number of sulfonamides is 1. The summed E-state index contributed by atoms with van der Waals surface area (Å²) in [7, 11) is -1.97. The van der Waals surface area contributed by atoms with E-state index in [9.17, 15) is 13.5 Å². The molecule has 2 heterocycles. The van der Waals surface area contributed by atoms with Crippen LogP contribution in [0.3, 0.4) is 0 Å². The SMILES string of the molecule is Cc1noc(C)c1S(=O)(=O)NC[C@@H](O)c1cccn1C. The Kier molecular flexibility index (Phi) is 3.98. The molecular formula is C12H17N3O4S. The van der Waals surface area contributed by atoms with Gasteiger partial charge in [-0.2, -0.15) is 0 Å². The van der Waals surface area contributed by atoms with Crippen LogP contribution in [0.4, 0.5) is 0 Å². The van der Waals surface area contributed by atoms with Gasteiger partial charge in [-0.3, -0.25) is 0 Å². The molecule has 110 valence electrons. The molecule has 0 aliphatic carbocycles. The zero-order valence-corrected chi connectivity index (χ0v) is 12.3. The van der Waals surface area contributed by atoms with Crippen LogP contribution in [0.25, 0.3) is 0 Å². The van der Waals surface area contributed by atoms with Gasteiger partial charge in [-0.15, -0.1) is 0 Å². The first-order chi connectivity index (χ1) is 9.33. The number of aryl methyl sites for hydroxylation is 3. The van der Waals surface area contributed by atoms with E-state index in [4.69, 9.17) is 4.52 Å². The van der Waals surface area contributed by atoms with Crippen LogP contribution < -0.4 is 4.72 Å². The van der Waals surface area contributed by atoms with Crippen molar-refractivity contribution in [1.29, 1.82) is 0 Å². The Labute approximate surface area is 117 Å². The molecular weight excluding hydrogens is 282 g/mol. The zero-order chi connectivity index (χ0) is 14.9. The molecule has 0 radical (unpaired) electrons. The first kappa shape index (κ1) is 14.8. The lowest BCUT2D eigenvalue weighted by atomic mass is 10.2. The zero-order valence-electron chi connectivity index (χ0n) is 11.5. The van der Waals surface area contributed by atoms with Crippen molar-refractivity contribution >= 4 is 10.0 Å². The van der Waals surface area contributed by atoms with E-state index in [0.29, 0.717) is 11.4 Å². The molecule has 20 heavy (non-hydrogen) atoms. The van der Waals surface area contributed by atoms with Gasteiger partial charge in [0.05, 0.1) is 0 Å². The van der Waals surface area contributed by atoms with Crippen LogP contribution in [0.1, 0.15) is 23.3 Å². The van der Waals surface area contributed by atoms with Gasteiger partial charge >= 0.3 is 0 Å². The fraction of sp³-hybridized carbons (Fsp3) is 0.417. The highest BCUT2D eigenvalue weighted by molar-refractivity contribution is 7.89. The summed E-state index contributed by atoms with van der Waals surface area (Å²) in [6.07, 6.45) is 0.853. The number of hydrogen-bond donors (Lipinski definition) is 2. The lowest BCUT2D eigenvalue weighted by molar-refractivity contribution is 0.173. The van der Waals surface area contributed by atoms with Crippen molar-refractivity contribution in [3.63, 3.8) is 0 Å². The minimum absolute atomic E-state index is 0.0246. The molecule has 0 aliphatic heterocycles. The van der Waals surface area contributed by atoms with Crippen LogP contribution in [0.2, 0.25) is 0 Å². The van der Waals surface area contributed by atoms with Crippen molar-refractivity contribution in [2.24, 2.45) is 7.05 Å². The quantitative estimate of drug-likeness (QED) is 0.844. The predicted molar refractivity (Wildman–Crippen MR) is 71.5 cm³/mol. The van der Waals surface area contributed by atoms with Crippen molar-refractivity contribution in [3.05, 3.63) is 35.5 Å². The summed E-state index contributed by atoms with van der Waals surface area (Å²) >= 11 is 0. The molecule has 7 nitrogen and oxygen atoms in total. The number of aromatic nitrogens is 2. The lowest BCUT2D eigenvalue weighted by Crippen LogP contribution is -2.29. The third-order valence-electron chi connectivity index (χ3n) is 3.03. The van der Waals surface area contributed by atoms with Crippen LogP contribution in [-0.4, -0.2) is 29.8 Å². The van der Waals surface area contributed by atoms with Crippen molar-refractivity contribution < 1.29 is 18.0 Å². The number of nitrogens with zero attached hydrogens (tertiary/aromatic N) is 2. The molecule has 0 aromatic carbocycles. The highest BCUT2D eigenvalue weighted by Crippen LogP contribution is 2.19. The Balaban J connectivity index is 2.13. The second-order valence-corrected chi connectivity index (χ2v) is 6.27. The molecule has 0 saturated carbocycles. The lowest BCUT2D eigenvalue weighted by Gasteiger charge is -2.13. The summed E-state index contributed by atoms with van der Waals surface area (Å²) in [5.41, 5.74) is 0.926. The molecule has 0 fully saturated rings. The summed E-state index contributed by atoms with van der Waals surface area (Å²) in [5.74, 6) is 0.225. The third kappa shape index (κ3) is 2.77. The highest BCUT2D eigenvalue weighted by atomic mass is 32.2. The van der Waals surface area contributed by atoms with Gasteiger partial charge in [-0.1, -0.05) is 5.16 Å². The second kappa shape index (κ2) is 5.39. The third-order valence-corrected chi connectivity index (χ3v) is 4.70. The van der Waals surface area contributed by atoms with Gasteiger partial charge in [-0.05, 0) is 26.0 Å². The minimum atomic E-state index is -3.75. The fourth-order valence-electron chi connectivity index (χ4n) is 2.04. The normalized spacial score (nSPS) is 13.6. The van der Waals surface area contributed by atoms with Crippen molar-refractivity contribution in [1.82, 2.24) is 14.4 Å². The van der Waals surface area contributed by atoms with E-state index in [-0.39, 0.29) is 17.2 Å². The van der Waals surface area contributed by atoms with Gasteiger partial charge in [-0.25, -0.2) is 13.1 Å². The maximum Gasteiger partial charge on any atom is 0.246 e. The topological polar surface area (TPSA) is 97.4 Å². The van der Waals surface area contributed by atoms with E-state index in [1.54, 1.807) is 36.9 Å². The molecule has 0 aliphatic rings. The number of aliphatic hydroxyl groups excluding tert-OH is 1. The van der Waals surface area contributed by atoms with E-state index in [1.807, 2.05) is 0 Å². The second-order valence-electron chi connectivity index (χ2n) is 4.56. The molecule has 2 rings (SSSR count). The average molecular weight is 299 g/mol. The van der Waals surface area contributed by atoms with Gasteiger partial charge in [0.1, 0.15) is 16.7 Å². The first-order valence-corrected chi connectivity index (χ1v) is 7.53. The fourth-order valence-corrected chi connectivity index (χ4v) is 3.41. The molecule has 0 amide bonds. The van der Waals surface area contributed by atoms with Gasteiger partial charge in [0.2, 0.25) is 10.0 Å². The van der Waals surface area contributed by atoms with Gasteiger partial charge < -0.3 is 14.2 Å². The van der Waals surface area contributed by atoms with Crippen LogP contribution in [0.15, 0.2) is 27.7 Å². The first-order valence-electron chi connectivity index (χ1n) is 6.04. The van der Waals surface area contributed by atoms with Crippen molar-refractivity contribution in [2.45, 2.75) is 24.8 Å².